The van der Waals surface area contributed by atoms with Gasteiger partial charge in [0.05, 0.1) is 5.69 Å². The van der Waals surface area contributed by atoms with E-state index in [1.165, 1.54) is 0 Å². The summed E-state index contributed by atoms with van der Waals surface area (Å²) in [6, 6.07) is 7.04. The number of carbonyl (C=O) groups excluding carboxylic acids is 2. The minimum Gasteiger partial charge on any atom is -0.369 e. The van der Waals surface area contributed by atoms with Crippen LogP contribution in [0.1, 0.15) is 32.4 Å². The van der Waals surface area contributed by atoms with Crippen LogP contribution in [0.3, 0.4) is 0 Å². The Morgan fingerprint density at radius 2 is 1.57 bits per heavy atom. The molecule has 1 aliphatic rings. The predicted octanol–water partition coefficient (Wildman–Crippen LogP) is 0.839. The zero-order valence-electron chi connectivity index (χ0n) is 15.3. The van der Waals surface area contributed by atoms with Gasteiger partial charge in [0, 0.05) is 31.2 Å². The Labute approximate surface area is 161 Å². The van der Waals surface area contributed by atoms with Crippen LogP contribution in [-0.4, -0.2) is 44.8 Å². The van der Waals surface area contributed by atoms with Crippen LogP contribution in [0.2, 0.25) is 0 Å². The molecule has 0 aliphatic heterocycles. The molecule has 1 aliphatic carbocycles. The van der Waals surface area contributed by atoms with Crippen molar-refractivity contribution in [2.75, 3.05) is 18.8 Å². The highest BCUT2D eigenvalue weighted by Gasteiger charge is 2.31. The van der Waals surface area contributed by atoms with Crippen LogP contribution in [0.5, 0.6) is 0 Å². The van der Waals surface area contributed by atoms with Crippen molar-refractivity contribution in [1.82, 2.24) is 30.6 Å². The van der Waals surface area contributed by atoms with Crippen LogP contribution in [0.15, 0.2) is 36.7 Å². The van der Waals surface area contributed by atoms with Gasteiger partial charge in [-0.2, -0.15) is 0 Å². The number of nitrogens with zero attached hydrogens (tertiary/aromatic N) is 1. The fourth-order valence-electron chi connectivity index (χ4n) is 3.71. The molecular weight excluding hydrogens is 358 g/mol. The van der Waals surface area contributed by atoms with Gasteiger partial charge in [-0.05, 0) is 48.9 Å². The van der Waals surface area contributed by atoms with E-state index >= 15 is 0 Å². The van der Waals surface area contributed by atoms with Gasteiger partial charge in [-0.1, -0.05) is 0 Å². The minimum atomic E-state index is -0.147. The van der Waals surface area contributed by atoms with Gasteiger partial charge in [-0.25, -0.2) is 4.98 Å². The summed E-state index contributed by atoms with van der Waals surface area (Å²) in [5.41, 5.74) is 8.80. The molecule has 9 heteroatoms. The van der Waals surface area contributed by atoms with E-state index in [-0.39, 0.29) is 23.7 Å². The molecule has 2 amide bonds. The first kappa shape index (κ1) is 17.9. The largest absolute Gasteiger partial charge is 0.369 e. The van der Waals surface area contributed by atoms with Gasteiger partial charge in [-0.3, -0.25) is 9.59 Å². The summed E-state index contributed by atoms with van der Waals surface area (Å²) in [5.74, 6) is 0.393. The quantitative estimate of drug-likeness (QED) is 0.376. The number of nitrogens with two attached hydrogens (primary N) is 1. The summed E-state index contributed by atoms with van der Waals surface area (Å²) in [5, 5.41) is 5.96. The molecule has 4 rings (SSSR count). The van der Waals surface area contributed by atoms with E-state index in [0.29, 0.717) is 43.3 Å². The number of nitrogen functional groups attached to an aromatic ring is 1. The third kappa shape index (κ3) is 3.78. The summed E-state index contributed by atoms with van der Waals surface area (Å²) in [4.78, 5) is 37.8. The Morgan fingerprint density at radius 3 is 2.11 bits per heavy atom. The molecule has 0 radical (unpaired) electrons. The number of carbonyl (C=O) groups is 2. The molecule has 2 atom stereocenters. The molecule has 9 nitrogen and oxygen atoms in total. The van der Waals surface area contributed by atoms with E-state index in [2.05, 4.69) is 30.6 Å². The highest BCUT2D eigenvalue weighted by atomic mass is 16.2. The maximum atomic E-state index is 12.3. The molecule has 0 spiro atoms. The lowest BCUT2D eigenvalue weighted by Crippen LogP contribution is -2.42. The van der Waals surface area contributed by atoms with Crippen molar-refractivity contribution >= 4 is 17.8 Å². The van der Waals surface area contributed by atoms with Crippen molar-refractivity contribution in [2.45, 2.75) is 12.8 Å². The van der Waals surface area contributed by atoms with E-state index in [9.17, 15) is 9.59 Å². The van der Waals surface area contributed by atoms with Crippen molar-refractivity contribution in [1.29, 1.82) is 0 Å². The zero-order valence-corrected chi connectivity index (χ0v) is 15.3. The molecule has 7 N–H and O–H groups in total. The first-order chi connectivity index (χ1) is 13.6. The highest BCUT2D eigenvalue weighted by Crippen LogP contribution is 2.29. The second kappa shape index (κ2) is 7.63. The SMILES string of the molecule is Nc1nc2c([nH]1)C[C@H](CNC(=O)c1ccc[nH]1)[C@@H](CNC(=O)c1ccc[nH]1)C2. The first-order valence-electron chi connectivity index (χ1n) is 9.26. The molecule has 0 aromatic carbocycles. The number of H-pyrrole nitrogens is 3. The molecular formula is C19H23N7O2. The lowest BCUT2D eigenvalue weighted by atomic mass is 9.79. The Morgan fingerprint density at radius 1 is 1.00 bits per heavy atom. The van der Waals surface area contributed by atoms with Gasteiger partial charge < -0.3 is 31.3 Å². The maximum absolute atomic E-state index is 12.3. The van der Waals surface area contributed by atoms with E-state index in [1.54, 1.807) is 36.7 Å². The summed E-state index contributed by atoms with van der Waals surface area (Å²) in [6.45, 7) is 0.992. The minimum absolute atomic E-state index is 0.137. The second-order valence-electron chi connectivity index (χ2n) is 7.06. The number of rotatable bonds is 6. The molecule has 0 fully saturated rings. The van der Waals surface area contributed by atoms with Crippen molar-refractivity contribution in [3.63, 3.8) is 0 Å². The number of amides is 2. The lowest BCUT2D eigenvalue weighted by Gasteiger charge is -2.31. The van der Waals surface area contributed by atoms with Gasteiger partial charge in [0.25, 0.3) is 11.8 Å². The van der Waals surface area contributed by atoms with Crippen LogP contribution in [0, 0.1) is 11.8 Å². The fourth-order valence-corrected chi connectivity index (χ4v) is 3.71. The van der Waals surface area contributed by atoms with Crippen molar-refractivity contribution in [3.05, 3.63) is 59.4 Å². The number of imidazole rings is 1. The molecule has 0 saturated heterocycles. The van der Waals surface area contributed by atoms with Gasteiger partial charge >= 0.3 is 0 Å². The van der Waals surface area contributed by atoms with E-state index < -0.39 is 0 Å². The Kier molecular flexibility index (Phi) is 4.88. The summed E-state index contributed by atoms with van der Waals surface area (Å²) >= 11 is 0. The zero-order chi connectivity index (χ0) is 19.5. The molecule has 3 heterocycles. The molecule has 146 valence electrons. The van der Waals surface area contributed by atoms with E-state index in [4.69, 9.17) is 5.73 Å². The maximum Gasteiger partial charge on any atom is 0.267 e. The number of hydrogen-bond acceptors (Lipinski definition) is 4. The van der Waals surface area contributed by atoms with Crippen LogP contribution in [-0.2, 0) is 12.8 Å². The molecule has 0 saturated carbocycles. The van der Waals surface area contributed by atoms with Crippen molar-refractivity contribution in [3.8, 4) is 0 Å². The molecule has 3 aromatic heterocycles. The van der Waals surface area contributed by atoms with Crippen molar-refractivity contribution < 1.29 is 9.59 Å². The van der Waals surface area contributed by atoms with E-state index in [1.807, 2.05) is 0 Å². The second-order valence-corrected chi connectivity index (χ2v) is 7.06. The van der Waals surface area contributed by atoms with Gasteiger partial charge in [0.1, 0.15) is 11.4 Å². The lowest BCUT2D eigenvalue weighted by molar-refractivity contribution is 0.0911. The van der Waals surface area contributed by atoms with Gasteiger partial charge in [-0.15, -0.1) is 0 Å². The predicted molar refractivity (Wildman–Crippen MR) is 104 cm³/mol. The van der Waals surface area contributed by atoms with Crippen LogP contribution >= 0.6 is 0 Å². The van der Waals surface area contributed by atoms with Crippen LogP contribution in [0.25, 0.3) is 0 Å². The normalized spacial score (nSPS) is 18.4. The number of hydrogen-bond donors (Lipinski definition) is 6. The van der Waals surface area contributed by atoms with E-state index in [0.717, 1.165) is 11.4 Å². The smallest absolute Gasteiger partial charge is 0.267 e. The highest BCUT2D eigenvalue weighted by molar-refractivity contribution is 5.92. The van der Waals surface area contributed by atoms with Crippen LogP contribution < -0.4 is 16.4 Å². The average Bonchev–Trinajstić information content (AvgIpc) is 3.44. The first-order valence-corrected chi connectivity index (χ1v) is 9.26. The topological polar surface area (TPSA) is 144 Å². The van der Waals surface area contributed by atoms with Gasteiger partial charge in [0.2, 0.25) is 0 Å². The third-order valence-electron chi connectivity index (χ3n) is 5.21. The summed E-state index contributed by atoms with van der Waals surface area (Å²) in [6.07, 6.45) is 4.84. The monoisotopic (exact) mass is 381 g/mol. The third-order valence-corrected chi connectivity index (χ3v) is 5.21. The summed E-state index contributed by atoms with van der Waals surface area (Å²) < 4.78 is 0. The van der Waals surface area contributed by atoms with Crippen LogP contribution in [0.4, 0.5) is 5.95 Å². The fraction of sp³-hybridized carbons (Fsp3) is 0.316. The Bertz CT molecular complexity index is 868. The molecule has 28 heavy (non-hydrogen) atoms. The Balaban J connectivity index is 1.43. The van der Waals surface area contributed by atoms with Crippen molar-refractivity contribution in [2.24, 2.45) is 11.8 Å². The molecule has 0 unspecified atom stereocenters. The number of fused-ring (bicyclic) bond motifs is 1. The number of nitrogens with one attached hydrogen (secondary N) is 5. The Hall–Kier alpha value is -3.49. The molecule has 0 bridgehead atoms. The summed E-state index contributed by atoms with van der Waals surface area (Å²) in [7, 11) is 0. The molecule has 3 aromatic rings. The average molecular weight is 381 g/mol. The number of aromatic nitrogens is 4. The number of anilines is 1. The standard InChI is InChI=1S/C19H23N7O2/c20-19-25-15-7-11(9-23-17(27)13-3-1-5-21-13)12(8-16(15)26-19)10-24-18(28)14-4-2-6-22-14/h1-6,11-12,21-22H,7-10H2,(H,23,27)(H,24,28)(H3,20,25,26)/t11-,12-/m1/s1. The van der Waals surface area contributed by atoms with Gasteiger partial charge in [0.15, 0.2) is 5.95 Å². The number of aromatic amines is 3.